The Morgan fingerprint density at radius 2 is 2.00 bits per heavy atom. The number of hydrogen-bond donors (Lipinski definition) is 3. The minimum absolute atomic E-state index is 0.201. The van der Waals surface area contributed by atoms with E-state index in [-0.39, 0.29) is 18.4 Å². The second kappa shape index (κ2) is 7.88. The molecule has 1 heterocycles. The smallest absolute Gasteiger partial charge is 0.406 e. The minimum atomic E-state index is -4.74. The molecule has 1 saturated heterocycles. The van der Waals surface area contributed by atoms with Gasteiger partial charge in [-0.15, -0.1) is 13.2 Å². The first-order valence-corrected chi connectivity index (χ1v) is 6.77. The predicted octanol–water partition coefficient (Wildman–Crippen LogP) is 1.63. The van der Waals surface area contributed by atoms with Gasteiger partial charge in [-0.05, 0) is 24.3 Å². The molecule has 0 bridgehead atoms. The molecule has 1 aliphatic rings. The van der Waals surface area contributed by atoms with Crippen LogP contribution < -0.4 is 20.9 Å². The van der Waals surface area contributed by atoms with E-state index in [1.807, 2.05) is 0 Å². The van der Waals surface area contributed by atoms with Gasteiger partial charge in [0.1, 0.15) is 5.75 Å². The second-order valence-electron chi connectivity index (χ2n) is 4.60. The number of ether oxygens (including phenoxy) is 3. The summed E-state index contributed by atoms with van der Waals surface area (Å²) in [6.45, 7) is 1.72. The summed E-state index contributed by atoms with van der Waals surface area (Å²) in [5, 5.41) is 2.57. The molecule has 3 N–H and O–H groups in total. The molecular formula is C13H16F3N3O4. The SMILES string of the molecule is O=C(NC[C@H]1COCCO1)NNc1ccc(OC(F)(F)F)cc1. The van der Waals surface area contributed by atoms with E-state index in [9.17, 15) is 18.0 Å². The molecule has 0 aliphatic carbocycles. The monoisotopic (exact) mass is 335 g/mol. The van der Waals surface area contributed by atoms with Gasteiger partial charge < -0.3 is 19.5 Å². The van der Waals surface area contributed by atoms with Crippen molar-refractivity contribution in [2.75, 3.05) is 31.8 Å². The van der Waals surface area contributed by atoms with Crippen molar-refractivity contribution >= 4 is 11.7 Å². The fourth-order valence-electron chi connectivity index (χ4n) is 1.77. The van der Waals surface area contributed by atoms with Crippen LogP contribution in [-0.4, -0.2) is 44.9 Å². The molecule has 1 atom stereocenters. The number of amides is 2. The molecule has 2 amide bonds. The highest BCUT2D eigenvalue weighted by Gasteiger charge is 2.30. The van der Waals surface area contributed by atoms with Gasteiger partial charge in [0.15, 0.2) is 0 Å². The number of nitrogens with one attached hydrogen (secondary N) is 3. The highest BCUT2D eigenvalue weighted by atomic mass is 19.4. The van der Waals surface area contributed by atoms with Crippen molar-refractivity contribution in [2.24, 2.45) is 0 Å². The van der Waals surface area contributed by atoms with Crippen LogP contribution in [0.1, 0.15) is 0 Å². The van der Waals surface area contributed by atoms with Gasteiger partial charge in [-0.2, -0.15) is 0 Å². The number of carbonyl (C=O) groups is 1. The normalized spacial score (nSPS) is 18.1. The number of hydrazine groups is 1. The van der Waals surface area contributed by atoms with Crippen LogP contribution in [0.4, 0.5) is 23.7 Å². The van der Waals surface area contributed by atoms with Crippen LogP contribution in [0.15, 0.2) is 24.3 Å². The number of urea groups is 1. The Kier molecular flexibility index (Phi) is 5.88. The standard InChI is InChI=1S/C13H16F3N3O4/c14-13(15,16)23-10-3-1-9(2-4-10)18-19-12(20)17-7-11-8-21-5-6-22-11/h1-4,11,18H,5-8H2,(H2,17,19,20)/t11-/m0/s1. The second-order valence-corrected chi connectivity index (χ2v) is 4.60. The molecule has 0 aromatic heterocycles. The van der Waals surface area contributed by atoms with Crippen LogP contribution in [0.5, 0.6) is 5.75 Å². The fourth-order valence-corrected chi connectivity index (χ4v) is 1.77. The summed E-state index contributed by atoms with van der Waals surface area (Å²) in [6, 6.07) is 4.42. The van der Waals surface area contributed by atoms with Crippen molar-refractivity contribution in [2.45, 2.75) is 12.5 Å². The average Bonchev–Trinajstić information content (AvgIpc) is 2.52. The van der Waals surface area contributed by atoms with Gasteiger partial charge in [0.05, 0.1) is 31.6 Å². The molecule has 0 unspecified atom stereocenters. The Balaban J connectivity index is 1.69. The van der Waals surface area contributed by atoms with Crippen molar-refractivity contribution < 1.29 is 32.2 Å². The van der Waals surface area contributed by atoms with E-state index in [1.165, 1.54) is 12.1 Å². The highest BCUT2D eigenvalue weighted by Crippen LogP contribution is 2.23. The first-order valence-electron chi connectivity index (χ1n) is 6.77. The summed E-state index contributed by atoms with van der Waals surface area (Å²) >= 11 is 0. The molecule has 7 nitrogen and oxygen atoms in total. The van der Waals surface area contributed by atoms with Gasteiger partial charge in [0.25, 0.3) is 0 Å². The minimum Gasteiger partial charge on any atom is -0.406 e. The summed E-state index contributed by atoms with van der Waals surface area (Å²) in [6.07, 6.45) is -4.94. The number of alkyl halides is 3. The van der Waals surface area contributed by atoms with Crippen LogP contribution in [-0.2, 0) is 9.47 Å². The Hall–Kier alpha value is -2.20. The Morgan fingerprint density at radius 3 is 2.61 bits per heavy atom. The van der Waals surface area contributed by atoms with Gasteiger partial charge >= 0.3 is 12.4 Å². The number of rotatable bonds is 5. The van der Waals surface area contributed by atoms with Crippen LogP contribution in [0.2, 0.25) is 0 Å². The lowest BCUT2D eigenvalue weighted by atomic mass is 10.3. The number of halogens is 3. The van der Waals surface area contributed by atoms with E-state index in [2.05, 4.69) is 20.9 Å². The van der Waals surface area contributed by atoms with E-state index in [0.29, 0.717) is 25.5 Å². The Morgan fingerprint density at radius 1 is 1.26 bits per heavy atom. The molecule has 0 spiro atoms. The molecule has 2 rings (SSSR count). The van der Waals surface area contributed by atoms with Gasteiger partial charge in [-0.25, -0.2) is 4.79 Å². The molecule has 0 saturated carbocycles. The summed E-state index contributed by atoms with van der Waals surface area (Å²) in [7, 11) is 0. The molecule has 10 heteroatoms. The maximum absolute atomic E-state index is 12.0. The van der Waals surface area contributed by atoms with Crippen molar-refractivity contribution in [3.05, 3.63) is 24.3 Å². The third-order valence-corrected chi connectivity index (χ3v) is 2.78. The Bertz CT molecular complexity index is 504. The van der Waals surface area contributed by atoms with Crippen LogP contribution >= 0.6 is 0 Å². The van der Waals surface area contributed by atoms with Crippen LogP contribution in [0.25, 0.3) is 0 Å². The average molecular weight is 335 g/mol. The maximum Gasteiger partial charge on any atom is 0.573 e. The molecule has 128 valence electrons. The van der Waals surface area contributed by atoms with E-state index < -0.39 is 12.4 Å². The topological polar surface area (TPSA) is 80.9 Å². The molecule has 1 aliphatic heterocycles. The summed E-state index contributed by atoms with van der Waals surface area (Å²) in [5.41, 5.74) is 5.29. The van der Waals surface area contributed by atoms with Gasteiger partial charge in [0.2, 0.25) is 0 Å². The van der Waals surface area contributed by atoms with E-state index in [4.69, 9.17) is 9.47 Å². The summed E-state index contributed by atoms with van der Waals surface area (Å²) < 4.78 is 50.3. The molecular weight excluding hydrogens is 319 g/mol. The number of benzene rings is 1. The van der Waals surface area contributed by atoms with Crippen molar-refractivity contribution in [3.8, 4) is 5.75 Å². The highest BCUT2D eigenvalue weighted by molar-refractivity contribution is 5.75. The fraction of sp³-hybridized carbons (Fsp3) is 0.462. The lowest BCUT2D eigenvalue weighted by Crippen LogP contribution is -2.45. The third kappa shape index (κ3) is 6.61. The zero-order valence-electron chi connectivity index (χ0n) is 12.0. The predicted molar refractivity (Wildman–Crippen MR) is 73.8 cm³/mol. The first kappa shape index (κ1) is 17.2. The molecule has 1 fully saturated rings. The lowest BCUT2D eigenvalue weighted by Gasteiger charge is -2.23. The summed E-state index contributed by atoms with van der Waals surface area (Å²) in [4.78, 5) is 11.6. The van der Waals surface area contributed by atoms with Gasteiger partial charge in [-0.3, -0.25) is 10.9 Å². The molecule has 0 radical (unpaired) electrons. The van der Waals surface area contributed by atoms with E-state index in [0.717, 1.165) is 12.1 Å². The van der Waals surface area contributed by atoms with Gasteiger partial charge in [-0.1, -0.05) is 0 Å². The molecule has 23 heavy (non-hydrogen) atoms. The summed E-state index contributed by atoms with van der Waals surface area (Å²) in [5.74, 6) is -0.345. The first-order chi connectivity index (χ1) is 10.9. The number of carbonyl (C=O) groups excluding carboxylic acids is 1. The van der Waals surface area contributed by atoms with E-state index in [1.54, 1.807) is 0 Å². The zero-order valence-corrected chi connectivity index (χ0v) is 12.0. The third-order valence-electron chi connectivity index (χ3n) is 2.78. The number of anilines is 1. The zero-order chi connectivity index (χ0) is 16.7. The quantitative estimate of drug-likeness (QED) is 0.713. The van der Waals surface area contributed by atoms with Crippen LogP contribution in [0, 0.1) is 0 Å². The van der Waals surface area contributed by atoms with Gasteiger partial charge in [0, 0.05) is 6.54 Å². The number of hydrogen-bond acceptors (Lipinski definition) is 5. The maximum atomic E-state index is 12.0. The molecule has 1 aromatic rings. The van der Waals surface area contributed by atoms with Crippen LogP contribution in [0.3, 0.4) is 0 Å². The van der Waals surface area contributed by atoms with E-state index >= 15 is 0 Å². The Labute approximate surface area is 130 Å². The van der Waals surface area contributed by atoms with Crippen molar-refractivity contribution in [1.82, 2.24) is 10.7 Å². The molecule has 1 aromatic carbocycles. The lowest BCUT2D eigenvalue weighted by molar-refractivity contribution is -0.274. The van der Waals surface area contributed by atoms with Crippen molar-refractivity contribution in [1.29, 1.82) is 0 Å². The largest absolute Gasteiger partial charge is 0.573 e. The van der Waals surface area contributed by atoms with Crippen molar-refractivity contribution in [3.63, 3.8) is 0 Å².